The van der Waals surface area contributed by atoms with Crippen LogP contribution < -0.4 is 10.1 Å². The second-order valence-electron chi connectivity index (χ2n) is 4.30. The Kier molecular flexibility index (Phi) is 3.85. The van der Waals surface area contributed by atoms with Gasteiger partial charge < -0.3 is 15.0 Å². The minimum atomic E-state index is -0.368. The van der Waals surface area contributed by atoms with Gasteiger partial charge in [0.2, 0.25) is 11.8 Å². The Hall–Kier alpha value is -2.30. The first kappa shape index (κ1) is 13.1. The summed E-state index contributed by atoms with van der Waals surface area (Å²) in [6.45, 7) is 3.34. The van der Waals surface area contributed by atoms with Crippen molar-refractivity contribution >= 4 is 22.8 Å². The molecule has 1 aromatic heterocycles. The fourth-order valence-electron chi connectivity index (χ4n) is 2.02. The number of hydrogen-bond acceptors (Lipinski definition) is 3. The van der Waals surface area contributed by atoms with Gasteiger partial charge in [-0.2, -0.15) is 0 Å². The highest BCUT2D eigenvalue weighted by molar-refractivity contribution is 5.87. The van der Waals surface area contributed by atoms with Crippen LogP contribution in [0.2, 0.25) is 0 Å². The van der Waals surface area contributed by atoms with E-state index in [-0.39, 0.29) is 11.9 Å². The Morgan fingerprint density at radius 1 is 1.26 bits per heavy atom. The van der Waals surface area contributed by atoms with Crippen molar-refractivity contribution in [2.75, 3.05) is 6.54 Å². The average Bonchev–Trinajstić information content (AvgIpc) is 2.66. The number of hydrogen-bond donors (Lipinski definition) is 2. The summed E-state index contributed by atoms with van der Waals surface area (Å²) < 4.78 is 5.18. The van der Waals surface area contributed by atoms with Gasteiger partial charge in [-0.3, -0.25) is 9.59 Å². The number of H-pyrrole nitrogens is 1. The first-order chi connectivity index (χ1) is 9.08. The van der Waals surface area contributed by atoms with Gasteiger partial charge in [-0.25, -0.2) is 0 Å². The summed E-state index contributed by atoms with van der Waals surface area (Å²) in [7, 11) is 0. The highest BCUT2D eigenvalue weighted by atomic mass is 16.5. The predicted molar refractivity (Wildman–Crippen MR) is 72.0 cm³/mol. The second-order valence-corrected chi connectivity index (χ2v) is 4.30. The van der Waals surface area contributed by atoms with E-state index in [0.29, 0.717) is 18.8 Å². The van der Waals surface area contributed by atoms with Gasteiger partial charge in [0.1, 0.15) is 0 Å². The van der Waals surface area contributed by atoms with Gasteiger partial charge in [0, 0.05) is 36.9 Å². The largest absolute Gasteiger partial charge is 0.409 e. The van der Waals surface area contributed by atoms with E-state index >= 15 is 0 Å². The Balaban J connectivity index is 2.31. The predicted octanol–water partition coefficient (Wildman–Crippen LogP) is 1.77. The molecule has 2 rings (SSSR count). The first-order valence-corrected chi connectivity index (χ1v) is 6.10. The van der Waals surface area contributed by atoms with Crippen molar-refractivity contribution in [1.82, 2.24) is 10.3 Å². The number of rotatable bonds is 4. The topological polar surface area (TPSA) is 71.2 Å². The molecule has 1 amide bonds. The molecule has 0 saturated carbocycles. The second kappa shape index (κ2) is 5.56. The molecular formula is C14H16N2O3. The molecule has 0 atom stereocenters. The Morgan fingerprint density at radius 2 is 2.00 bits per heavy atom. The molecule has 2 N–H and O–H groups in total. The van der Waals surface area contributed by atoms with Crippen molar-refractivity contribution in [3.8, 4) is 5.88 Å². The highest BCUT2D eigenvalue weighted by Crippen LogP contribution is 2.28. The summed E-state index contributed by atoms with van der Waals surface area (Å²) in [5.74, 6) is 0.0141. The number of fused-ring (bicyclic) bond motifs is 1. The zero-order valence-corrected chi connectivity index (χ0v) is 10.9. The number of carbonyl (C=O) groups excluding carboxylic acids is 2. The number of esters is 1. The first-order valence-electron chi connectivity index (χ1n) is 6.10. The standard InChI is InChI=1S/C14H16N2O3/c1-9(17)15-8-7-12-11-5-3-4-6-13(11)16-14(12)19-10(2)18/h3-6,16H,7-8H2,1-2H3,(H,15,17). The van der Waals surface area contributed by atoms with Crippen molar-refractivity contribution in [2.45, 2.75) is 20.3 Å². The summed E-state index contributed by atoms with van der Waals surface area (Å²) in [6, 6.07) is 7.72. The van der Waals surface area contributed by atoms with Crippen molar-refractivity contribution < 1.29 is 14.3 Å². The molecule has 1 heterocycles. The zero-order chi connectivity index (χ0) is 13.8. The lowest BCUT2D eigenvalue weighted by Gasteiger charge is -2.05. The molecule has 0 bridgehead atoms. The van der Waals surface area contributed by atoms with Crippen LogP contribution in [0.5, 0.6) is 5.88 Å². The molecule has 0 spiro atoms. The lowest BCUT2D eigenvalue weighted by atomic mass is 10.1. The Labute approximate surface area is 110 Å². The molecule has 0 aliphatic carbocycles. The van der Waals surface area contributed by atoms with Gasteiger partial charge in [0.15, 0.2) is 0 Å². The van der Waals surface area contributed by atoms with E-state index in [1.807, 2.05) is 24.3 Å². The number of amides is 1. The Bertz CT molecular complexity index is 616. The van der Waals surface area contributed by atoms with Crippen LogP contribution in [0, 0.1) is 0 Å². The van der Waals surface area contributed by atoms with E-state index in [1.54, 1.807) is 0 Å². The van der Waals surface area contributed by atoms with Gasteiger partial charge in [0.05, 0.1) is 0 Å². The minimum Gasteiger partial charge on any atom is -0.409 e. The van der Waals surface area contributed by atoms with Crippen LogP contribution in [0.1, 0.15) is 19.4 Å². The van der Waals surface area contributed by atoms with Crippen LogP contribution in [0.4, 0.5) is 0 Å². The minimum absolute atomic E-state index is 0.0751. The van der Waals surface area contributed by atoms with Gasteiger partial charge in [0.25, 0.3) is 0 Å². The summed E-state index contributed by atoms with van der Waals surface area (Å²) in [5, 5.41) is 3.74. The summed E-state index contributed by atoms with van der Waals surface area (Å²) in [6.07, 6.45) is 0.603. The maximum Gasteiger partial charge on any atom is 0.309 e. The van der Waals surface area contributed by atoms with E-state index in [2.05, 4.69) is 10.3 Å². The van der Waals surface area contributed by atoms with E-state index in [0.717, 1.165) is 16.5 Å². The Morgan fingerprint density at radius 3 is 2.68 bits per heavy atom. The number of aromatic amines is 1. The van der Waals surface area contributed by atoms with Gasteiger partial charge >= 0.3 is 5.97 Å². The molecule has 0 saturated heterocycles. The van der Waals surface area contributed by atoms with Crippen molar-refractivity contribution in [1.29, 1.82) is 0 Å². The molecule has 0 unspecified atom stereocenters. The number of benzene rings is 1. The number of para-hydroxylation sites is 1. The molecule has 1 aromatic carbocycles. The molecular weight excluding hydrogens is 244 g/mol. The van der Waals surface area contributed by atoms with Crippen LogP contribution >= 0.6 is 0 Å². The number of nitrogens with one attached hydrogen (secondary N) is 2. The van der Waals surface area contributed by atoms with Crippen molar-refractivity contribution in [3.63, 3.8) is 0 Å². The maximum absolute atomic E-state index is 11.1. The van der Waals surface area contributed by atoms with E-state index < -0.39 is 0 Å². The van der Waals surface area contributed by atoms with E-state index in [1.165, 1.54) is 13.8 Å². The van der Waals surface area contributed by atoms with Crippen LogP contribution in [-0.2, 0) is 16.0 Å². The number of ether oxygens (including phenoxy) is 1. The fourth-order valence-corrected chi connectivity index (χ4v) is 2.02. The summed E-state index contributed by atoms with van der Waals surface area (Å²) in [4.78, 5) is 25.1. The average molecular weight is 260 g/mol. The third kappa shape index (κ3) is 3.13. The van der Waals surface area contributed by atoms with Crippen molar-refractivity contribution in [3.05, 3.63) is 29.8 Å². The molecule has 0 aliphatic rings. The monoisotopic (exact) mass is 260 g/mol. The molecule has 0 fully saturated rings. The molecule has 5 heteroatoms. The van der Waals surface area contributed by atoms with Crippen molar-refractivity contribution in [2.24, 2.45) is 0 Å². The van der Waals surface area contributed by atoms with Gasteiger partial charge in [-0.05, 0) is 12.5 Å². The summed E-state index contributed by atoms with van der Waals surface area (Å²) >= 11 is 0. The van der Waals surface area contributed by atoms with E-state index in [9.17, 15) is 9.59 Å². The molecule has 0 aliphatic heterocycles. The SMILES string of the molecule is CC(=O)NCCc1c(OC(C)=O)[nH]c2ccccc12. The number of aromatic nitrogens is 1. The summed E-state index contributed by atoms with van der Waals surface area (Å²) in [5.41, 5.74) is 1.82. The van der Waals surface area contributed by atoms with Gasteiger partial charge in [-0.1, -0.05) is 18.2 Å². The van der Waals surface area contributed by atoms with Gasteiger partial charge in [-0.15, -0.1) is 0 Å². The van der Waals surface area contributed by atoms with Crippen LogP contribution in [0.25, 0.3) is 10.9 Å². The molecule has 19 heavy (non-hydrogen) atoms. The smallest absolute Gasteiger partial charge is 0.309 e. The van der Waals surface area contributed by atoms with Crippen LogP contribution in [-0.4, -0.2) is 23.4 Å². The third-order valence-electron chi connectivity index (χ3n) is 2.77. The highest BCUT2D eigenvalue weighted by Gasteiger charge is 2.13. The lowest BCUT2D eigenvalue weighted by molar-refractivity contribution is -0.132. The third-order valence-corrected chi connectivity index (χ3v) is 2.77. The maximum atomic E-state index is 11.1. The zero-order valence-electron chi connectivity index (χ0n) is 10.9. The normalized spacial score (nSPS) is 10.4. The molecule has 2 aromatic rings. The van der Waals surface area contributed by atoms with Crippen LogP contribution in [0.15, 0.2) is 24.3 Å². The van der Waals surface area contributed by atoms with E-state index in [4.69, 9.17) is 4.74 Å². The molecule has 100 valence electrons. The molecule has 0 radical (unpaired) electrons. The van der Waals surface area contributed by atoms with Crippen LogP contribution in [0.3, 0.4) is 0 Å². The lowest BCUT2D eigenvalue weighted by Crippen LogP contribution is -2.22. The number of carbonyl (C=O) groups is 2. The molecule has 5 nitrogen and oxygen atoms in total. The fraction of sp³-hybridized carbons (Fsp3) is 0.286. The quantitative estimate of drug-likeness (QED) is 0.823.